The Balaban J connectivity index is 1.35. The predicted octanol–water partition coefficient (Wildman–Crippen LogP) is 6.33. The highest BCUT2D eigenvalue weighted by Gasteiger charge is 2.17. The average molecular weight is 581 g/mol. The summed E-state index contributed by atoms with van der Waals surface area (Å²) in [6.07, 6.45) is 0. The van der Waals surface area contributed by atoms with Gasteiger partial charge in [0.15, 0.2) is 5.16 Å². The van der Waals surface area contributed by atoms with Gasteiger partial charge in [0.05, 0.1) is 9.77 Å². The van der Waals surface area contributed by atoms with E-state index < -0.39 is 21.4 Å². The number of rotatable bonds is 8. The van der Waals surface area contributed by atoms with Crippen molar-refractivity contribution in [2.75, 3.05) is 4.72 Å². The molecule has 0 amide bonds. The highest BCUT2D eigenvalue weighted by atomic mass is 32.2. The maximum atomic E-state index is 13.2. The smallest absolute Gasteiger partial charge is 0.270 e. The Labute approximate surface area is 229 Å². The largest absolute Gasteiger partial charge is 0.300 e. The lowest BCUT2D eigenvalue weighted by atomic mass is 10.2. The maximum absolute atomic E-state index is 13.2. The number of aromatic nitrogens is 2. The lowest BCUT2D eigenvalue weighted by molar-refractivity contribution is 0.599. The second-order valence-corrected chi connectivity index (χ2v) is 12.6. The van der Waals surface area contributed by atoms with Gasteiger partial charge in [-0.25, -0.2) is 17.8 Å². The quantitative estimate of drug-likeness (QED) is 0.164. The van der Waals surface area contributed by atoms with Crippen molar-refractivity contribution < 1.29 is 12.8 Å². The number of aromatic amines is 1. The molecule has 0 atom stereocenters. The zero-order valence-corrected chi connectivity index (χ0v) is 22.6. The molecule has 7 nitrogen and oxygen atoms in total. The molecule has 190 valence electrons. The first-order valence-corrected chi connectivity index (χ1v) is 15.2. The molecule has 5 rings (SSSR count). The molecule has 2 N–H and O–H groups in total. The standard InChI is InChI=1S/C26H17FN4O3S4/c27-17-6-8-19(9-7-17)38(33,34)31-18-4-1-3-16(13-18)15-36-26-29-24(20(14-28)25(32)30-26)23-11-10-22(37-23)21-5-2-12-35-21/h1-13,31H,15H2,(H,29,30,32). The van der Waals surface area contributed by atoms with Crippen LogP contribution < -0.4 is 10.3 Å². The Kier molecular flexibility index (Phi) is 7.44. The second-order valence-electron chi connectivity index (χ2n) is 7.90. The van der Waals surface area contributed by atoms with Gasteiger partial charge in [0.25, 0.3) is 15.6 Å². The van der Waals surface area contributed by atoms with Crippen molar-refractivity contribution in [2.24, 2.45) is 0 Å². The molecule has 38 heavy (non-hydrogen) atoms. The number of H-pyrrole nitrogens is 1. The van der Waals surface area contributed by atoms with Crippen molar-refractivity contribution in [3.05, 3.63) is 105 Å². The Bertz CT molecular complexity index is 1810. The van der Waals surface area contributed by atoms with E-state index in [1.807, 2.05) is 41.8 Å². The monoisotopic (exact) mass is 580 g/mol. The van der Waals surface area contributed by atoms with Crippen LogP contribution in [0.5, 0.6) is 0 Å². The van der Waals surface area contributed by atoms with Crippen molar-refractivity contribution in [3.63, 3.8) is 0 Å². The van der Waals surface area contributed by atoms with Crippen LogP contribution in [0, 0.1) is 17.1 Å². The minimum Gasteiger partial charge on any atom is -0.300 e. The van der Waals surface area contributed by atoms with Crippen molar-refractivity contribution in [1.82, 2.24) is 9.97 Å². The van der Waals surface area contributed by atoms with Crippen LogP contribution in [0.25, 0.3) is 20.3 Å². The Morgan fingerprint density at radius 2 is 1.82 bits per heavy atom. The van der Waals surface area contributed by atoms with Gasteiger partial charge in [-0.05, 0) is 65.5 Å². The summed E-state index contributed by atoms with van der Waals surface area (Å²) < 4.78 is 40.9. The summed E-state index contributed by atoms with van der Waals surface area (Å²) in [4.78, 5) is 22.7. The summed E-state index contributed by atoms with van der Waals surface area (Å²) in [6, 6.07) is 21.1. The number of nitrogens with zero attached hydrogens (tertiary/aromatic N) is 2. The van der Waals surface area contributed by atoms with Crippen LogP contribution in [0.15, 0.2) is 93.0 Å². The van der Waals surface area contributed by atoms with Gasteiger partial charge < -0.3 is 4.98 Å². The lowest BCUT2D eigenvalue weighted by Gasteiger charge is -2.10. The van der Waals surface area contributed by atoms with Gasteiger partial charge in [0.2, 0.25) is 0 Å². The molecule has 0 spiro atoms. The van der Waals surface area contributed by atoms with E-state index in [2.05, 4.69) is 14.7 Å². The van der Waals surface area contributed by atoms with Crippen molar-refractivity contribution in [3.8, 4) is 26.4 Å². The predicted molar refractivity (Wildman–Crippen MR) is 149 cm³/mol. The molecule has 0 radical (unpaired) electrons. The molecule has 5 aromatic rings. The van der Waals surface area contributed by atoms with Crippen LogP contribution >= 0.6 is 34.4 Å². The van der Waals surface area contributed by atoms with Gasteiger partial charge in [-0.3, -0.25) is 9.52 Å². The number of nitriles is 1. The highest BCUT2D eigenvalue weighted by molar-refractivity contribution is 7.98. The topological polar surface area (TPSA) is 116 Å². The van der Waals surface area contributed by atoms with E-state index in [-0.39, 0.29) is 10.5 Å². The molecular weight excluding hydrogens is 564 g/mol. The number of thiophene rings is 2. The molecule has 0 bridgehead atoms. The molecule has 0 saturated carbocycles. The Hall–Kier alpha value is -3.76. The van der Waals surface area contributed by atoms with Gasteiger partial charge in [-0.2, -0.15) is 5.26 Å². The van der Waals surface area contributed by atoms with Crippen molar-refractivity contribution in [1.29, 1.82) is 5.26 Å². The molecule has 3 heterocycles. The van der Waals surface area contributed by atoms with E-state index in [9.17, 15) is 22.9 Å². The molecule has 3 aromatic heterocycles. The number of benzene rings is 2. The van der Waals surface area contributed by atoms with E-state index in [0.717, 1.165) is 32.3 Å². The van der Waals surface area contributed by atoms with Gasteiger partial charge in [0, 0.05) is 21.2 Å². The SMILES string of the molecule is N#Cc1c(-c2ccc(-c3cccs3)s2)nc(SCc2cccc(NS(=O)(=O)c3ccc(F)cc3)c2)[nH]c1=O. The summed E-state index contributed by atoms with van der Waals surface area (Å²) in [6.45, 7) is 0. The first-order valence-electron chi connectivity index (χ1n) is 11.0. The summed E-state index contributed by atoms with van der Waals surface area (Å²) in [5, 5.41) is 11.9. The van der Waals surface area contributed by atoms with E-state index in [4.69, 9.17) is 0 Å². The number of nitrogens with one attached hydrogen (secondary N) is 2. The molecule has 0 unspecified atom stereocenters. The molecule has 0 saturated heterocycles. The molecule has 0 aliphatic carbocycles. The molecule has 0 aliphatic rings. The second kappa shape index (κ2) is 10.9. The molecule has 0 fully saturated rings. The van der Waals surface area contributed by atoms with Gasteiger partial charge in [-0.1, -0.05) is 30.0 Å². The first-order chi connectivity index (χ1) is 18.3. The van der Waals surface area contributed by atoms with Gasteiger partial charge >= 0.3 is 0 Å². The van der Waals surface area contributed by atoms with Crippen LogP contribution in [0.3, 0.4) is 0 Å². The van der Waals surface area contributed by atoms with Gasteiger partial charge in [0.1, 0.15) is 23.1 Å². The molecule has 12 heteroatoms. The van der Waals surface area contributed by atoms with Crippen LogP contribution in [-0.4, -0.2) is 18.4 Å². The normalized spacial score (nSPS) is 11.3. The van der Waals surface area contributed by atoms with E-state index in [0.29, 0.717) is 22.3 Å². The minimum atomic E-state index is -3.89. The zero-order chi connectivity index (χ0) is 26.7. The van der Waals surface area contributed by atoms with Gasteiger partial charge in [-0.15, -0.1) is 22.7 Å². The summed E-state index contributed by atoms with van der Waals surface area (Å²) in [5.74, 6) is -0.145. The summed E-state index contributed by atoms with van der Waals surface area (Å²) >= 11 is 4.32. The van der Waals surface area contributed by atoms with Crippen molar-refractivity contribution >= 4 is 50.1 Å². The van der Waals surface area contributed by atoms with Crippen LogP contribution in [0.1, 0.15) is 11.1 Å². The number of hydrogen-bond donors (Lipinski definition) is 2. The van der Waals surface area contributed by atoms with Crippen LogP contribution in [0.4, 0.5) is 10.1 Å². The summed E-state index contributed by atoms with van der Waals surface area (Å²) in [5.41, 5.74) is 0.874. The average Bonchev–Trinajstić information content (AvgIpc) is 3.60. The fourth-order valence-electron chi connectivity index (χ4n) is 3.52. The Morgan fingerprint density at radius 3 is 2.55 bits per heavy atom. The number of anilines is 1. The minimum absolute atomic E-state index is 0.0499. The highest BCUT2D eigenvalue weighted by Crippen LogP contribution is 2.37. The molecule has 2 aromatic carbocycles. The third kappa shape index (κ3) is 5.71. The lowest BCUT2D eigenvalue weighted by Crippen LogP contribution is -2.14. The van der Waals surface area contributed by atoms with Crippen LogP contribution in [0.2, 0.25) is 0 Å². The first kappa shape index (κ1) is 25.9. The zero-order valence-electron chi connectivity index (χ0n) is 19.3. The fraction of sp³-hybridized carbons (Fsp3) is 0.0385. The molecular formula is C26H17FN4O3S4. The fourth-order valence-corrected chi connectivity index (χ4v) is 7.21. The Morgan fingerprint density at radius 1 is 1.03 bits per heavy atom. The number of sulfonamides is 1. The van der Waals surface area contributed by atoms with E-state index >= 15 is 0 Å². The van der Waals surface area contributed by atoms with Crippen molar-refractivity contribution in [2.45, 2.75) is 15.8 Å². The third-order valence-electron chi connectivity index (χ3n) is 5.29. The third-order valence-corrected chi connectivity index (χ3v) is 9.79. The number of halogens is 1. The number of thioether (sulfide) groups is 1. The molecule has 0 aliphatic heterocycles. The maximum Gasteiger partial charge on any atom is 0.270 e. The summed E-state index contributed by atoms with van der Waals surface area (Å²) in [7, 11) is -3.89. The van der Waals surface area contributed by atoms with E-state index in [1.54, 1.807) is 29.5 Å². The van der Waals surface area contributed by atoms with Crippen LogP contribution in [-0.2, 0) is 15.8 Å². The number of hydrogen-bond acceptors (Lipinski definition) is 8. The van der Waals surface area contributed by atoms with E-state index in [1.165, 1.54) is 35.2 Å².